The molecule has 6 heteroatoms. The third-order valence-corrected chi connectivity index (χ3v) is 5.47. The second kappa shape index (κ2) is 7.09. The Morgan fingerprint density at radius 2 is 1.85 bits per heavy atom. The van der Waals surface area contributed by atoms with Gasteiger partial charge in [-0.2, -0.15) is 0 Å². The summed E-state index contributed by atoms with van der Waals surface area (Å²) < 4.78 is 0. The lowest BCUT2D eigenvalue weighted by Gasteiger charge is -2.47. The Hall–Kier alpha value is -2.37. The molecule has 1 fully saturated rings. The van der Waals surface area contributed by atoms with Crippen LogP contribution >= 0.6 is 0 Å². The van der Waals surface area contributed by atoms with Gasteiger partial charge in [0.15, 0.2) is 0 Å². The van der Waals surface area contributed by atoms with Crippen LogP contribution in [0.5, 0.6) is 0 Å². The van der Waals surface area contributed by atoms with Crippen LogP contribution in [0.25, 0.3) is 0 Å². The number of carbonyl (C=O) groups is 3. The summed E-state index contributed by atoms with van der Waals surface area (Å²) in [6.45, 7) is 7.10. The van der Waals surface area contributed by atoms with Gasteiger partial charge in [-0.3, -0.25) is 14.4 Å². The van der Waals surface area contributed by atoms with Crippen LogP contribution in [0.3, 0.4) is 0 Å². The maximum atomic E-state index is 13.0. The normalized spacial score (nSPS) is 18.8. The van der Waals surface area contributed by atoms with Crippen LogP contribution in [0.15, 0.2) is 24.3 Å². The number of hydrogen-bond donors (Lipinski definition) is 1. The van der Waals surface area contributed by atoms with Crippen LogP contribution in [-0.2, 0) is 16.1 Å². The molecule has 1 aromatic carbocycles. The quantitative estimate of drug-likeness (QED) is 0.895. The summed E-state index contributed by atoms with van der Waals surface area (Å²) in [6.07, 6.45) is 1.52. The molecule has 1 saturated heterocycles. The molecule has 0 radical (unpaired) electrons. The van der Waals surface area contributed by atoms with Gasteiger partial charge in [0, 0.05) is 38.2 Å². The SMILES string of the molecule is CC(=O)N1CCC(CC(=O)NC(C)C)(N2Cc3ccccc3C2=O)CC1. The number of piperidine rings is 1. The van der Waals surface area contributed by atoms with E-state index in [9.17, 15) is 14.4 Å². The molecule has 0 spiro atoms. The Morgan fingerprint density at radius 1 is 1.19 bits per heavy atom. The molecular weight excluding hydrogens is 330 g/mol. The number of nitrogens with one attached hydrogen (secondary N) is 1. The second-order valence-electron chi connectivity index (χ2n) is 7.68. The van der Waals surface area contributed by atoms with E-state index in [2.05, 4.69) is 5.32 Å². The zero-order valence-corrected chi connectivity index (χ0v) is 15.7. The fourth-order valence-corrected chi connectivity index (χ4v) is 4.09. The summed E-state index contributed by atoms with van der Waals surface area (Å²) in [4.78, 5) is 41.0. The van der Waals surface area contributed by atoms with Crippen molar-refractivity contribution in [1.29, 1.82) is 0 Å². The molecule has 0 aromatic heterocycles. The van der Waals surface area contributed by atoms with Crippen molar-refractivity contribution < 1.29 is 14.4 Å². The van der Waals surface area contributed by atoms with E-state index < -0.39 is 5.54 Å². The number of rotatable bonds is 4. The molecule has 0 bridgehead atoms. The van der Waals surface area contributed by atoms with Gasteiger partial charge in [-0.05, 0) is 38.3 Å². The van der Waals surface area contributed by atoms with Crippen LogP contribution in [0.1, 0.15) is 56.0 Å². The minimum atomic E-state index is -0.541. The van der Waals surface area contributed by atoms with Crippen molar-refractivity contribution in [3.05, 3.63) is 35.4 Å². The number of hydrogen-bond acceptors (Lipinski definition) is 3. The molecule has 2 aliphatic rings. The highest BCUT2D eigenvalue weighted by Crippen LogP contribution is 2.38. The minimum Gasteiger partial charge on any atom is -0.354 e. The van der Waals surface area contributed by atoms with Gasteiger partial charge in [0.05, 0.1) is 12.0 Å². The molecule has 3 rings (SSSR count). The van der Waals surface area contributed by atoms with Crippen LogP contribution < -0.4 is 5.32 Å². The van der Waals surface area contributed by atoms with Gasteiger partial charge in [0.25, 0.3) is 5.91 Å². The average Bonchev–Trinajstić information content (AvgIpc) is 2.92. The number of amides is 3. The average molecular weight is 357 g/mol. The maximum Gasteiger partial charge on any atom is 0.254 e. The highest BCUT2D eigenvalue weighted by atomic mass is 16.2. The lowest BCUT2D eigenvalue weighted by Crippen LogP contribution is -2.58. The minimum absolute atomic E-state index is 0.00535. The summed E-state index contributed by atoms with van der Waals surface area (Å²) in [7, 11) is 0. The van der Waals surface area contributed by atoms with E-state index in [-0.39, 0.29) is 30.2 Å². The molecule has 0 unspecified atom stereocenters. The molecule has 1 aromatic rings. The fourth-order valence-electron chi connectivity index (χ4n) is 4.09. The molecule has 0 atom stereocenters. The molecule has 140 valence electrons. The van der Waals surface area contributed by atoms with Crippen LogP contribution in [0.4, 0.5) is 0 Å². The number of benzene rings is 1. The van der Waals surface area contributed by atoms with E-state index in [1.54, 1.807) is 11.8 Å². The summed E-state index contributed by atoms with van der Waals surface area (Å²) in [5.74, 6) is -0.00415. The van der Waals surface area contributed by atoms with E-state index in [1.807, 2.05) is 43.0 Å². The van der Waals surface area contributed by atoms with Crippen molar-refractivity contribution >= 4 is 17.7 Å². The Labute approximate surface area is 154 Å². The van der Waals surface area contributed by atoms with E-state index >= 15 is 0 Å². The van der Waals surface area contributed by atoms with Gasteiger partial charge >= 0.3 is 0 Å². The molecule has 6 nitrogen and oxygen atoms in total. The molecule has 2 aliphatic heterocycles. The molecule has 3 amide bonds. The summed E-state index contributed by atoms with van der Waals surface area (Å²) >= 11 is 0. The van der Waals surface area contributed by atoms with Crippen molar-refractivity contribution in [2.45, 2.75) is 58.2 Å². The fraction of sp³-hybridized carbons (Fsp3) is 0.550. The molecule has 0 aliphatic carbocycles. The molecule has 1 N–H and O–H groups in total. The summed E-state index contributed by atoms with van der Waals surface area (Å²) in [5, 5.41) is 2.95. The standard InChI is InChI=1S/C20H27N3O3/c1-14(2)21-18(25)12-20(8-10-22(11-9-20)15(3)24)23-13-16-6-4-5-7-17(16)19(23)26/h4-7,14H,8-13H2,1-3H3,(H,21,25). The predicted octanol–water partition coefficient (Wildman–Crippen LogP) is 1.94. The van der Waals surface area contributed by atoms with E-state index in [1.165, 1.54) is 0 Å². The zero-order chi connectivity index (χ0) is 18.9. The first-order valence-corrected chi connectivity index (χ1v) is 9.27. The van der Waals surface area contributed by atoms with Gasteiger partial charge in [0.1, 0.15) is 0 Å². The zero-order valence-electron chi connectivity index (χ0n) is 15.7. The van der Waals surface area contributed by atoms with E-state index in [4.69, 9.17) is 0 Å². The summed E-state index contributed by atoms with van der Waals surface area (Å²) in [6, 6.07) is 7.69. The maximum absolute atomic E-state index is 13.0. The monoisotopic (exact) mass is 357 g/mol. The first-order valence-electron chi connectivity index (χ1n) is 9.27. The van der Waals surface area contributed by atoms with E-state index in [0.717, 1.165) is 11.1 Å². The third kappa shape index (κ3) is 3.45. The van der Waals surface area contributed by atoms with Gasteiger partial charge in [-0.15, -0.1) is 0 Å². The Bertz CT molecular complexity index is 721. The van der Waals surface area contributed by atoms with Crippen molar-refractivity contribution in [3.63, 3.8) is 0 Å². The Balaban J connectivity index is 1.86. The highest BCUT2D eigenvalue weighted by molar-refractivity contribution is 5.99. The van der Waals surface area contributed by atoms with Crippen LogP contribution in [0, 0.1) is 0 Å². The first-order chi connectivity index (χ1) is 12.3. The first kappa shape index (κ1) is 18.4. The van der Waals surface area contributed by atoms with Gasteiger partial charge in [-0.1, -0.05) is 18.2 Å². The predicted molar refractivity (Wildman–Crippen MR) is 98.4 cm³/mol. The Kier molecular flexibility index (Phi) is 5.03. The van der Waals surface area contributed by atoms with Crippen molar-refractivity contribution in [1.82, 2.24) is 15.1 Å². The second-order valence-corrected chi connectivity index (χ2v) is 7.68. The molecular formula is C20H27N3O3. The topological polar surface area (TPSA) is 69.7 Å². The van der Waals surface area contributed by atoms with Crippen molar-refractivity contribution in [2.24, 2.45) is 0 Å². The van der Waals surface area contributed by atoms with Crippen molar-refractivity contribution in [3.8, 4) is 0 Å². The molecule has 0 saturated carbocycles. The lowest BCUT2D eigenvalue weighted by molar-refractivity contribution is -0.132. The number of likely N-dealkylation sites (tertiary alicyclic amines) is 1. The number of nitrogens with zero attached hydrogens (tertiary/aromatic N) is 2. The number of carbonyl (C=O) groups excluding carboxylic acids is 3. The van der Waals surface area contributed by atoms with Gasteiger partial charge in [0.2, 0.25) is 11.8 Å². The smallest absolute Gasteiger partial charge is 0.254 e. The summed E-state index contributed by atoms with van der Waals surface area (Å²) in [5.41, 5.74) is 1.20. The van der Waals surface area contributed by atoms with Crippen molar-refractivity contribution in [2.75, 3.05) is 13.1 Å². The molecule has 2 heterocycles. The third-order valence-electron chi connectivity index (χ3n) is 5.47. The molecule has 26 heavy (non-hydrogen) atoms. The Morgan fingerprint density at radius 3 is 2.42 bits per heavy atom. The highest BCUT2D eigenvalue weighted by Gasteiger charge is 2.47. The number of fused-ring (bicyclic) bond motifs is 1. The largest absolute Gasteiger partial charge is 0.354 e. The van der Waals surface area contributed by atoms with Crippen LogP contribution in [-0.4, -0.2) is 52.2 Å². The van der Waals surface area contributed by atoms with Gasteiger partial charge in [-0.25, -0.2) is 0 Å². The van der Waals surface area contributed by atoms with Crippen LogP contribution in [0.2, 0.25) is 0 Å². The van der Waals surface area contributed by atoms with Gasteiger partial charge < -0.3 is 15.1 Å². The lowest BCUT2D eigenvalue weighted by atomic mass is 9.82. The van der Waals surface area contributed by atoms with E-state index in [0.29, 0.717) is 32.5 Å².